The first-order chi connectivity index (χ1) is 14.1. The number of aliphatic imine (C=N–C) groups is 1. The Balaban J connectivity index is 1.75. The predicted octanol–water partition coefficient (Wildman–Crippen LogP) is 4.98. The van der Waals surface area contributed by atoms with Gasteiger partial charge in [-0.15, -0.1) is 11.3 Å². The molecule has 0 saturated carbocycles. The molecule has 3 N–H and O–H groups in total. The van der Waals surface area contributed by atoms with Crippen LogP contribution in [0.15, 0.2) is 52.8 Å². The molecule has 7 heteroatoms. The SMILES string of the molecule is COCCCN=C(N)Nc1nc(-c2ccccc2Oc2ccc(C)cc2C)cs1. The van der Waals surface area contributed by atoms with Crippen molar-refractivity contribution in [1.29, 1.82) is 0 Å². The summed E-state index contributed by atoms with van der Waals surface area (Å²) < 4.78 is 11.2. The van der Waals surface area contributed by atoms with Gasteiger partial charge in [-0.3, -0.25) is 4.99 Å². The van der Waals surface area contributed by atoms with E-state index in [2.05, 4.69) is 28.3 Å². The highest BCUT2D eigenvalue weighted by molar-refractivity contribution is 7.14. The second-order valence-electron chi connectivity index (χ2n) is 6.64. The number of aromatic nitrogens is 1. The molecule has 0 amide bonds. The summed E-state index contributed by atoms with van der Waals surface area (Å²) in [6.45, 7) is 5.39. The minimum absolute atomic E-state index is 0.349. The number of nitrogens with zero attached hydrogens (tertiary/aromatic N) is 2. The van der Waals surface area contributed by atoms with Crippen molar-refractivity contribution >= 4 is 22.4 Å². The number of rotatable bonds is 8. The van der Waals surface area contributed by atoms with E-state index >= 15 is 0 Å². The van der Waals surface area contributed by atoms with Crippen LogP contribution in [0.4, 0.5) is 5.13 Å². The first-order valence-electron chi connectivity index (χ1n) is 9.42. The van der Waals surface area contributed by atoms with Gasteiger partial charge in [0, 0.05) is 31.2 Å². The molecule has 3 rings (SSSR count). The minimum Gasteiger partial charge on any atom is -0.456 e. The molecule has 6 nitrogen and oxygen atoms in total. The first kappa shape index (κ1) is 20.8. The van der Waals surface area contributed by atoms with E-state index in [-0.39, 0.29) is 0 Å². The van der Waals surface area contributed by atoms with Gasteiger partial charge < -0.3 is 20.5 Å². The highest BCUT2D eigenvalue weighted by atomic mass is 32.1. The van der Waals surface area contributed by atoms with E-state index in [9.17, 15) is 0 Å². The molecule has 29 heavy (non-hydrogen) atoms. The average molecular weight is 411 g/mol. The van der Waals surface area contributed by atoms with Crippen LogP contribution in [0.3, 0.4) is 0 Å². The number of hydrogen-bond donors (Lipinski definition) is 2. The summed E-state index contributed by atoms with van der Waals surface area (Å²) >= 11 is 1.47. The molecular weight excluding hydrogens is 384 g/mol. The molecule has 0 saturated heterocycles. The highest BCUT2D eigenvalue weighted by Gasteiger charge is 2.12. The fraction of sp³-hybridized carbons (Fsp3) is 0.273. The molecule has 0 spiro atoms. The third-order valence-electron chi connectivity index (χ3n) is 4.24. The van der Waals surface area contributed by atoms with Gasteiger partial charge in [0.2, 0.25) is 0 Å². The Morgan fingerprint density at radius 1 is 1.17 bits per heavy atom. The number of hydrogen-bond acceptors (Lipinski definition) is 5. The lowest BCUT2D eigenvalue weighted by Crippen LogP contribution is -2.22. The molecule has 0 aliphatic heterocycles. The van der Waals surface area contributed by atoms with Gasteiger partial charge in [0.25, 0.3) is 0 Å². The van der Waals surface area contributed by atoms with Crippen molar-refractivity contribution in [2.75, 3.05) is 25.6 Å². The molecule has 0 radical (unpaired) electrons. The van der Waals surface area contributed by atoms with E-state index in [0.29, 0.717) is 24.2 Å². The quantitative estimate of drug-likeness (QED) is 0.311. The maximum atomic E-state index is 6.20. The van der Waals surface area contributed by atoms with Gasteiger partial charge in [0.15, 0.2) is 11.1 Å². The Morgan fingerprint density at radius 3 is 2.79 bits per heavy atom. The van der Waals surface area contributed by atoms with Gasteiger partial charge in [-0.05, 0) is 44.0 Å². The van der Waals surface area contributed by atoms with Crippen molar-refractivity contribution in [3.8, 4) is 22.8 Å². The third kappa shape index (κ3) is 5.79. The molecule has 0 aliphatic carbocycles. The smallest absolute Gasteiger partial charge is 0.194 e. The number of ether oxygens (including phenoxy) is 2. The lowest BCUT2D eigenvalue weighted by molar-refractivity contribution is 0.197. The van der Waals surface area contributed by atoms with Crippen LogP contribution in [0, 0.1) is 13.8 Å². The number of methoxy groups -OCH3 is 1. The van der Waals surface area contributed by atoms with Crippen LogP contribution in [0.1, 0.15) is 17.5 Å². The zero-order valence-corrected chi connectivity index (χ0v) is 17.8. The van der Waals surface area contributed by atoms with Crippen molar-refractivity contribution < 1.29 is 9.47 Å². The normalized spacial score (nSPS) is 11.5. The van der Waals surface area contributed by atoms with Crippen LogP contribution >= 0.6 is 11.3 Å². The van der Waals surface area contributed by atoms with Crippen LogP contribution in [0.5, 0.6) is 11.5 Å². The molecule has 1 heterocycles. The van der Waals surface area contributed by atoms with Gasteiger partial charge >= 0.3 is 0 Å². The maximum Gasteiger partial charge on any atom is 0.194 e. The molecule has 1 aromatic heterocycles. The average Bonchev–Trinajstić information content (AvgIpc) is 3.16. The molecule has 152 valence electrons. The number of aryl methyl sites for hydroxylation is 2. The monoisotopic (exact) mass is 410 g/mol. The Labute approximate surface area is 175 Å². The van der Waals surface area contributed by atoms with E-state index in [1.54, 1.807) is 7.11 Å². The number of nitrogens with two attached hydrogens (primary N) is 1. The summed E-state index contributed by atoms with van der Waals surface area (Å²) in [5.41, 5.74) is 9.99. The Morgan fingerprint density at radius 2 is 2.00 bits per heavy atom. The van der Waals surface area contributed by atoms with Crippen LogP contribution in [0.25, 0.3) is 11.3 Å². The van der Waals surface area contributed by atoms with E-state index in [1.165, 1.54) is 16.9 Å². The van der Waals surface area contributed by atoms with Gasteiger partial charge in [-0.25, -0.2) is 4.98 Å². The number of thiazole rings is 1. The Bertz CT molecular complexity index is 984. The molecular formula is C22H26N4O2S. The molecule has 0 bridgehead atoms. The lowest BCUT2D eigenvalue weighted by Gasteiger charge is -2.12. The summed E-state index contributed by atoms with van der Waals surface area (Å²) in [5, 5.41) is 5.71. The standard InChI is InChI=1S/C22H26N4O2S/c1-15-9-10-19(16(2)13-15)28-20-8-5-4-7-17(20)18-14-29-22(25-18)26-21(23)24-11-6-12-27-3/h4-5,7-10,13-14H,6,11-12H2,1-3H3,(H3,23,24,25,26). The number of nitrogens with one attached hydrogen (secondary N) is 1. The summed E-state index contributed by atoms with van der Waals surface area (Å²) in [6, 6.07) is 14.0. The van der Waals surface area contributed by atoms with Crippen LogP contribution in [-0.4, -0.2) is 31.2 Å². The summed E-state index contributed by atoms with van der Waals surface area (Å²) in [6.07, 6.45) is 0.825. The van der Waals surface area contributed by atoms with Crippen LogP contribution < -0.4 is 15.8 Å². The van der Waals surface area contributed by atoms with Gasteiger partial charge in [0.1, 0.15) is 11.5 Å². The van der Waals surface area contributed by atoms with Crippen molar-refractivity contribution in [2.24, 2.45) is 10.7 Å². The summed E-state index contributed by atoms with van der Waals surface area (Å²) in [5.74, 6) is 1.95. The fourth-order valence-electron chi connectivity index (χ4n) is 2.81. The maximum absolute atomic E-state index is 6.20. The summed E-state index contributed by atoms with van der Waals surface area (Å²) in [4.78, 5) is 8.92. The van der Waals surface area contributed by atoms with E-state index in [4.69, 9.17) is 15.2 Å². The second-order valence-corrected chi connectivity index (χ2v) is 7.50. The zero-order chi connectivity index (χ0) is 20.6. The number of anilines is 1. The molecule has 2 aromatic carbocycles. The Kier molecular flexibility index (Phi) is 7.21. The second kappa shape index (κ2) is 10.0. The van der Waals surface area contributed by atoms with Crippen molar-refractivity contribution in [1.82, 2.24) is 4.98 Å². The van der Waals surface area contributed by atoms with Gasteiger partial charge in [-0.1, -0.05) is 29.8 Å². The van der Waals surface area contributed by atoms with Gasteiger partial charge in [0.05, 0.1) is 5.69 Å². The largest absolute Gasteiger partial charge is 0.456 e. The molecule has 3 aromatic rings. The Hall–Kier alpha value is -2.90. The van der Waals surface area contributed by atoms with Gasteiger partial charge in [-0.2, -0.15) is 0 Å². The molecule has 0 fully saturated rings. The molecule has 0 aliphatic rings. The zero-order valence-electron chi connectivity index (χ0n) is 16.9. The van der Waals surface area contributed by atoms with Crippen LogP contribution in [0.2, 0.25) is 0 Å². The van der Waals surface area contributed by atoms with Crippen molar-refractivity contribution in [3.05, 3.63) is 59.0 Å². The molecule has 0 atom stereocenters. The lowest BCUT2D eigenvalue weighted by atomic mass is 10.1. The highest BCUT2D eigenvalue weighted by Crippen LogP contribution is 2.35. The van der Waals surface area contributed by atoms with E-state index < -0.39 is 0 Å². The van der Waals surface area contributed by atoms with E-state index in [0.717, 1.165) is 34.7 Å². The first-order valence-corrected chi connectivity index (χ1v) is 10.3. The number of benzene rings is 2. The predicted molar refractivity (Wildman–Crippen MR) is 120 cm³/mol. The fourth-order valence-corrected chi connectivity index (χ4v) is 3.53. The van der Waals surface area contributed by atoms with Crippen molar-refractivity contribution in [2.45, 2.75) is 20.3 Å². The molecule has 0 unspecified atom stereocenters. The van der Waals surface area contributed by atoms with Crippen LogP contribution in [-0.2, 0) is 4.74 Å². The third-order valence-corrected chi connectivity index (χ3v) is 5.00. The topological polar surface area (TPSA) is 81.8 Å². The summed E-state index contributed by atoms with van der Waals surface area (Å²) in [7, 11) is 1.67. The minimum atomic E-state index is 0.349. The number of para-hydroxylation sites is 1. The number of guanidine groups is 1. The van der Waals surface area contributed by atoms with E-state index in [1.807, 2.05) is 48.7 Å². The van der Waals surface area contributed by atoms with Crippen molar-refractivity contribution in [3.63, 3.8) is 0 Å².